The van der Waals surface area contributed by atoms with Crippen LogP contribution in [-0.2, 0) is 7.05 Å². The Morgan fingerprint density at radius 2 is 2.04 bits per heavy atom. The zero-order chi connectivity index (χ0) is 15.6. The van der Waals surface area contributed by atoms with Crippen LogP contribution in [0.3, 0.4) is 0 Å². The van der Waals surface area contributed by atoms with Gasteiger partial charge >= 0.3 is 0 Å². The van der Waals surface area contributed by atoms with Crippen LogP contribution in [0.5, 0.6) is 0 Å². The van der Waals surface area contributed by atoms with Crippen LogP contribution in [0, 0.1) is 0 Å². The number of aryl methyl sites for hydroxylation is 1. The maximum Gasteiger partial charge on any atom is 0.195 e. The van der Waals surface area contributed by atoms with Crippen molar-refractivity contribution in [3.05, 3.63) is 49.4 Å². The van der Waals surface area contributed by atoms with E-state index in [2.05, 4.69) is 30.1 Å². The van der Waals surface area contributed by atoms with Crippen LogP contribution < -0.4 is 0 Å². The molecule has 112 valence electrons. The van der Waals surface area contributed by atoms with Crippen LogP contribution in [0.1, 0.15) is 0 Å². The molecule has 3 heterocycles. The highest BCUT2D eigenvalue weighted by Crippen LogP contribution is 2.30. The lowest BCUT2D eigenvalue weighted by Gasteiger charge is -2.06. The van der Waals surface area contributed by atoms with Gasteiger partial charge in [-0.15, -0.1) is 10.2 Å². The average molecular weight is 321 g/mol. The standard InChI is InChI=1S/C15H11N7S/c1-22-9-20-21-15(22)23-10-2-3-12-11(6-10)14(19-8-18-12)13-7-16-4-5-17-13/h2-9H,1H3. The van der Waals surface area contributed by atoms with Crippen molar-refractivity contribution in [1.82, 2.24) is 34.7 Å². The molecule has 4 rings (SSSR count). The third-order valence-electron chi connectivity index (χ3n) is 3.29. The van der Waals surface area contributed by atoms with Gasteiger partial charge in [0, 0.05) is 29.7 Å². The van der Waals surface area contributed by atoms with E-state index >= 15 is 0 Å². The third-order valence-corrected chi connectivity index (χ3v) is 4.33. The van der Waals surface area contributed by atoms with Crippen molar-refractivity contribution in [1.29, 1.82) is 0 Å². The summed E-state index contributed by atoms with van der Waals surface area (Å²) < 4.78 is 1.87. The van der Waals surface area contributed by atoms with Gasteiger partial charge in [-0.3, -0.25) is 9.97 Å². The summed E-state index contributed by atoms with van der Waals surface area (Å²) in [5.74, 6) is 0. The smallest absolute Gasteiger partial charge is 0.195 e. The minimum atomic E-state index is 0.723. The Morgan fingerprint density at radius 3 is 2.83 bits per heavy atom. The van der Waals surface area contributed by atoms with Gasteiger partial charge in [0.15, 0.2) is 5.16 Å². The Balaban J connectivity index is 1.83. The molecule has 0 N–H and O–H groups in total. The van der Waals surface area contributed by atoms with E-state index in [1.807, 2.05) is 29.8 Å². The predicted molar refractivity (Wildman–Crippen MR) is 85.7 cm³/mol. The molecule has 23 heavy (non-hydrogen) atoms. The minimum absolute atomic E-state index is 0.723. The Kier molecular flexibility index (Phi) is 3.43. The first-order valence-corrected chi connectivity index (χ1v) is 7.66. The SMILES string of the molecule is Cn1cnnc1Sc1ccc2ncnc(-c3cnccn3)c2c1. The number of benzene rings is 1. The van der Waals surface area contributed by atoms with E-state index in [1.54, 1.807) is 31.2 Å². The number of hydrogen-bond acceptors (Lipinski definition) is 7. The number of hydrogen-bond donors (Lipinski definition) is 0. The molecule has 4 aromatic rings. The maximum atomic E-state index is 4.38. The van der Waals surface area contributed by atoms with Crippen molar-refractivity contribution < 1.29 is 0 Å². The van der Waals surface area contributed by atoms with Gasteiger partial charge < -0.3 is 4.57 Å². The molecule has 7 nitrogen and oxygen atoms in total. The van der Waals surface area contributed by atoms with Gasteiger partial charge in [0.2, 0.25) is 0 Å². The van der Waals surface area contributed by atoms with Gasteiger partial charge in [-0.1, -0.05) is 0 Å². The first kappa shape index (κ1) is 13.8. The van der Waals surface area contributed by atoms with E-state index in [9.17, 15) is 0 Å². The fourth-order valence-electron chi connectivity index (χ4n) is 2.20. The van der Waals surface area contributed by atoms with Crippen LogP contribution in [0.15, 0.2) is 59.5 Å². The molecule has 0 bridgehead atoms. The van der Waals surface area contributed by atoms with E-state index in [4.69, 9.17) is 0 Å². The van der Waals surface area contributed by atoms with Gasteiger partial charge in [-0.05, 0) is 30.0 Å². The number of nitrogens with zero attached hydrogens (tertiary/aromatic N) is 7. The van der Waals surface area contributed by atoms with E-state index in [0.29, 0.717) is 0 Å². The number of rotatable bonds is 3. The Morgan fingerprint density at radius 1 is 1.09 bits per heavy atom. The van der Waals surface area contributed by atoms with Crippen LogP contribution in [-0.4, -0.2) is 34.7 Å². The number of aromatic nitrogens is 7. The Hall–Kier alpha value is -2.87. The Labute approximate surface area is 135 Å². The molecule has 0 saturated carbocycles. The fraction of sp³-hybridized carbons (Fsp3) is 0.0667. The summed E-state index contributed by atoms with van der Waals surface area (Å²) >= 11 is 1.54. The summed E-state index contributed by atoms with van der Waals surface area (Å²) in [6.45, 7) is 0. The normalized spacial score (nSPS) is 11.0. The summed E-state index contributed by atoms with van der Waals surface area (Å²) in [6, 6.07) is 6.02. The van der Waals surface area contributed by atoms with Crippen LogP contribution in [0.25, 0.3) is 22.3 Å². The topological polar surface area (TPSA) is 82.3 Å². The van der Waals surface area contributed by atoms with Crippen LogP contribution in [0.2, 0.25) is 0 Å². The van der Waals surface area contributed by atoms with Gasteiger partial charge in [0.25, 0.3) is 0 Å². The molecule has 8 heteroatoms. The predicted octanol–water partition coefficient (Wildman–Crippen LogP) is 2.37. The maximum absolute atomic E-state index is 4.38. The van der Waals surface area contributed by atoms with E-state index in [1.165, 1.54) is 11.8 Å². The van der Waals surface area contributed by atoms with Gasteiger partial charge in [-0.2, -0.15) is 0 Å². The quantitative estimate of drug-likeness (QED) is 0.573. The van der Waals surface area contributed by atoms with Crippen LogP contribution >= 0.6 is 11.8 Å². The Bertz CT molecular complexity index is 968. The second-order valence-corrected chi connectivity index (χ2v) is 5.86. The molecule has 0 fully saturated rings. The lowest BCUT2D eigenvalue weighted by Crippen LogP contribution is -1.93. The zero-order valence-electron chi connectivity index (χ0n) is 12.2. The lowest BCUT2D eigenvalue weighted by molar-refractivity contribution is 0.788. The van der Waals surface area contributed by atoms with Crippen molar-refractivity contribution in [3.63, 3.8) is 0 Å². The largest absolute Gasteiger partial charge is 0.311 e. The molecule has 0 aliphatic heterocycles. The molecule has 1 aromatic carbocycles. The monoisotopic (exact) mass is 321 g/mol. The molecule has 0 atom stereocenters. The number of fused-ring (bicyclic) bond motifs is 1. The summed E-state index contributed by atoms with van der Waals surface area (Å²) in [6.07, 6.45) is 8.22. The second kappa shape index (κ2) is 5.73. The highest BCUT2D eigenvalue weighted by molar-refractivity contribution is 7.99. The molecular formula is C15H11N7S. The molecule has 0 spiro atoms. The highest BCUT2D eigenvalue weighted by Gasteiger charge is 2.10. The fourth-order valence-corrected chi connectivity index (χ4v) is 3.00. The molecular weight excluding hydrogens is 310 g/mol. The van der Waals surface area contributed by atoms with Crippen molar-refractivity contribution in [3.8, 4) is 11.4 Å². The summed E-state index contributed by atoms with van der Waals surface area (Å²) in [7, 11) is 1.91. The summed E-state index contributed by atoms with van der Waals surface area (Å²) in [4.78, 5) is 18.2. The molecule has 0 saturated heterocycles. The van der Waals surface area contributed by atoms with Crippen molar-refractivity contribution in [2.24, 2.45) is 7.05 Å². The first-order valence-electron chi connectivity index (χ1n) is 6.84. The molecule has 0 unspecified atom stereocenters. The van der Waals surface area contributed by atoms with Gasteiger partial charge in [-0.25, -0.2) is 9.97 Å². The van der Waals surface area contributed by atoms with Crippen molar-refractivity contribution in [2.75, 3.05) is 0 Å². The van der Waals surface area contributed by atoms with E-state index in [-0.39, 0.29) is 0 Å². The molecule has 0 amide bonds. The molecule has 0 aliphatic rings. The minimum Gasteiger partial charge on any atom is -0.311 e. The molecule has 0 radical (unpaired) electrons. The summed E-state index contributed by atoms with van der Waals surface area (Å²) in [5.41, 5.74) is 2.35. The highest BCUT2D eigenvalue weighted by atomic mass is 32.2. The van der Waals surface area contributed by atoms with Crippen LogP contribution in [0.4, 0.5) is 0 Å². The zero-order valence-corrected chi connectivity index (χ0v) is 13.0. The van der Waals surface area contributed by atoms with E-state index < -0.39 is 0 Å². The third kappa shape index (κ3) is 2.64. The van der Waals surface area contributed by atoms with E-state index in [0.717, 1.165) is 32.3 Å². The first-order chi connectivity index (χ1) is 11.3. The van der Waals surface area contributed by atoms with Crippen molar-refractivity contribution >= 4 is 22.7 Å². The summed E-state index contributed by atoms with van der Waals surface area (Å²) in [5, 5.41) is 9.74. The lowest BCUT2D eigenvalue weighted by atomic mass is 10.1. The van der Waals surface area contributed by atoms with Gasteiger partial charge in [0.05, 0.1) is 11.7 Å². The average Bonchev–Trinajstić information content (AvgIpc) is 3.00. The molecule has 0 aliphatic carbocycles. The second-order valence-electron chi connectivity index (χ2n) is 4.82. The van der Waals surface area contributed by atoms with Crippen molar-refractivity contribution in [2.45, 2.75) is 10.1 Å². The molecule has 3 aromatic heterocycles. The van der Waals surface area contributed by atoms with Gasteiger partial charge in [0.1, 0.15) is 24.0 Å².